The molecule has 0 fully saturated rings. The number of unbranched alkanes of at least 4 members (excludes halogenated alkanes) is 1. The number of hydrogen-bond acceptors (Lipinski definition) is 3. The fourth-order valence-corrected chi connectivity index (χ4v) is 2.17. The van der Waals surface area contributed by atoms with Crippen LogP contribution in [0.2, 0.25) is 0 Å². The number of nitrogens with zero attached hydrogens (tertiary/aromatic N) is 2. The molecule has 0 bridgehead atoms. The van der Waals surface area contributed by atoms with E-state index in [1.54, 1.807) is 6.20 Å². The maximum atomic E-state index is 5.42. The van der Waals surface area contributed by atoms with Crippen LogP contribution in [-0.4, -0.2) is 15.7 Å². The number of thiocarbonyl (C=S) groups is 1. The van der Waals surface area contributed by atoms with Crippen molar-refractivity contribution in [1.82, 2.24) is 10.4 Å². The minimum absolute atomic E-state index is 0.426. The van der Waals surface area contributed by atoms with E-state index in [1.165, 1.54) is 12.8 Å². The van der Waals surface area contributed by atoms with Crippen LogP contribution in [0.25, 0.3) is 0 Å². The predicted molar refractivity (Wildman–Crippen MR) is 85.5 cm³/mol. The molecular formula is C15H23N3S. The van der Waals surface area contributed by atoms with E-state index in [0.29, 0.717) is 5.92 Å². The molecule has 1 N–H and O–H groups in total. The van der Waals surface area contributed by atoms with Crippen LogP contribution in [0.3, 0.4) is 0 Å². The zero-order valence-corrected chi connectivity index (χ0v) is 12.8. The lowest BCUT2D eigenvalue weighted by Crippen LogP contribution is -2.25. The van der Waals surface area contributed by atoms with E-state index < -0.39 is 0 Å². The van der Waals surface area contributed by atoms with Gasteiger partial charge in [-0.05, 0) is 31.9 Å². The van der Waals surface area contributed by atoms with E-state index in [1.807, 2.05) is 25.1 Å². The van der Waals surface area contributed by atoms with E-state index in [0.717, 1.165) is 29.2 Å². The zero-order chi connectivity index (χ0) is 14.1. The molecule has 4 heteroatoms. The number of nitrogens with one attached hydrogen (secondary N) is 1. The molecular weight excluding hydrogens is 254 g/mol. The lowest BCUT2D eigenvalue weighted by Gasteiger charge is -2.15. The van der Waals surface area contributed by atoms with Gasteiger partial charge in [0.1, 0.15) is 0 Å². The Balaban J connectivity index is 2.56. The van der Waals surface area contributed by atoms with Gasteiger partial charge in [0.2, 0.25) is 0 Å². The van der Waals surface area contributed by atoms with Gasteiger partial charge in [-0.15, -0.1) is 0 Å². The van der Waals surface area contributed by atoms with Crippen molar-refractivity contribution in [2.24, 2.45) is 11.0 Å². The minimum Gasteiger partial charge on any atom is -0.271 e. The first-order valence-corrected chi connectivity index (χ1v) is 7.35. The van der Waals surface area contributed by atoms with Gasteiger partial charge in [-0.25, -0.2) is 0 Å². The van der Waals surface area contributed by atoms with Crippen LogP contribution in [0.15, 0.2) is 29.5 Å². The summed E-state index contributed by atoms with van der Waals surface area (Å²) in [6, 6.07) is 5.79. The molecule has 1 aromatic rings. The normalized spacial score (nSPS) is 13.1. The Bertz CT molecular complexity index is 415. The summed E-state index contributed by atoms with van der Waals surface area (Å²) in [5.41, 5.74) is 4.75. The van der Waals surface area contributed by atoms with Crippen molar-refractivity contribution in [1.29, 1.82) is 0 Å². The Morgan fingerprint density at radius 1 is 1.42 bits per heavy atom. The fraction of sp³-hybridized carbons (Fsp3) is 0.533. The largest absolute Gasteiger partial charge is 0.271 e. The molecule has 1 aromatic heterocycles. The Kier molecular flexibility index (Phi) is 7.26. The lowest BCUT2D eigenvalue weighted by atomic mass is 9.99. The van der Waals surface area contributed by atoms with E-state index in [-0.39, 0.29) is 0 Å². The van der Waals surface area contributed by atoms with Gasteiger partial charge in [0, 0.05) is 12.1 Å². The van der Waals surface area contributed by atoms with Crippen LogP contribution < -0.4 is 5.43 Å². The van der Waals surface area contributed by atoms with Crippen LogP contribution in [0, 0.1) is 5.92 Å². The lowest BCUT2D eigenvalue weighted by molar-refractivity contribution is 0.561. The second kappa shape index (κ2) is 8.75. The summed E-state index contributed by atoms with van der Waals surface area (Å²) in [5, 5.41) is 4.33. The standard InChI is InChI=1S/C15H23N3S/c1-4-6-9-13(5-2)15(19)18-17-12(3)14-10-7-8-11-16-14/h7-8,10-11,13H,4-6,9H2,1-3H3,(H,18,19). The summed E-state index contributed by atoms with van der Waals surface area (Å²) in [4.78, 5) is 5.10. The number of hydrazone groups is 1. The summed E-state index contributed by atoms with van der Waals surface area (Å²) in [6.07, 6.45) is 6.38. The predicted octanol–water partition coefficient (Wildman–Crippen LogP) is 3.94. The van der Waals surface area contributed by atoms with Crippen molar-refractivity contribution in [3.05, 3.63) is 30.1 Å². The zero-order valence-electron chi connectivity index (χ0n) is 12.0. The SMILES string of the molecule is CCCCC(CC)C(=S)NN=C(C)c1ccccn1. The molecule has 0 aliphatic heterocycles. The number of pyridine rings is 1. The summed E-state index contributed by atoms with van der Waals surface area (Å²) >= 11 is 5.42. The van der Waals surface area contributed by atoms with Crippen LogP contribution in [-0.2, 0) is 0 Å². The first-order valence-electron chi connectivity index (χ1n) is 6.94. The Labute approximate surface area is 121 Å². The number of hydrogen-bond donors (Lipinski definition) is 1. The summed E-state index contributed by atoms with van der Waals surface area (Å²) in [6.45, 7) is 6.31. The maximum absolute atomic E-state index is 5.42. The van der Waals surface area contributed by atoms with Crippen LogP contribution in [0.5, 0.6) is 0 Å². The summed E-state index contributed by atoms with van der Waals surface area (Å²) in [7, 11) is 0. The van der Waals surface area contributed by atoms with Gasteiger partial charge in [-0.2, -0.15) is 5.10 Å². The molecule has 3 nitrogen and oxygen atoms in total. The smallest absolute Gasteiger partial charge is 0.0992 e. The van der Waals surface area contributed by atoms with E-state index in [9.17, 15) is 0 Å². The highest BCUT2D eigenvalue weighted by molar-refractivity contribution is 7.80. The molecule has 1 rings (SSSR count). The molecule has 19 heavy (non-hydrogen) atoms. The first-order chi connectivity index (χ1) is 9.19. The highest BCUT2D eigenvalue weighted by atomic mass is 32.1. The van der Waals surface area contributed by atoms with Crippen molar-refractivity contribution >= 4 is 22.9 Å². The van der Waals surface area contributed by atoms with Crippen molar-refractivity contribution in [2.75, 3.05) is 0 Å². The third-order valence-corrected chi connectivity index (χ3v) is 3.56. The molecule has 0 radical (unpaired) electrons. The highest BCUT2D eigenvalue weighted by Crippen LogP contribution is 2.13. The van der Waals surface area contributed by atoms with Gasteiger partial charge in [-0.3, -0.25) is 10.4 Å². The van der Waals surface area contributed by atoms with Gasteiger partial charge in [0.15, 0.2) is 0 Å². The van der Waals surface area contributed by atoms with E-state index in [4.69, 9.17) is 12.2 Å². The van der Waals surface area contributed by atoms with Crippen molar-refractivity contribution in [3.63, 3.8) is 0 Å². The second-order valence-corrected chi connectivity index (χ2v) is 5.08. The summed E-state index contributed by atoms with van der Waals surface area (Å²) in [5.74, 6) is 0.426. The molecule has 1 heterocycles. The molecule has 1 atom stereocenters. The average molecular weight is 277 g/mol. The topological polar surface area (TPSA) is 37.3 Å². The van der Waals surface area contributed by atoms with Crippen molar-refractivity contribution in [2.45, 2.75) is 46.5 Å². The fourth-order valence-electron chi connectivity index (χ4n) is 1.84. The van der Waals surface area contributed by atoms with Gasteiger partial charge in [-0.1, -0.05) is 45.0 Å². The van der Waals surface area contributed by atoms with E-state index >= 15 is 0 Å². The maximum Gasteiger partial charge on any atom is 0.0992 e. The van der Waals surface area contributed by atoms with E-state index in [2.05, 4.69) is 29.4 Å². The van der Waals surface area contributed by atoms with Crippen LogP contribution in [0.4, 0.5) is 0 Å². The van der Waals surface area contributed by atoms with Crippen molar-refractivity contribution < 1.29 is 0 Å². The second-order valence-electron chi connectivity index (χ2n) is 4.64. The highest BCUT2D eigenvalue weighted by Gasteiger charge is 2.11. The molecule has 0 saturated heterocycles. The first kappa shape index (κ1) is 15.8. The third-order valence-electron chi connectivity index (χ3n) is 3.14. The van der Waals surface area contributed by atoms with Crippen LogP contribution >= 0.6 is 12.2 Å². The Hall–Kier alpha value is -1.29. The molecule has 0 amide bonds. The molecule has 104 valence electrons. The Morgan fingerprint density at radius 3 is 2.79 bits per heavy atom. The number of rotatable bonds is 7. The number of aromatic nitrogens is 1. The van der Waals surface area contributed by atoms with Crippen molar-refractivity contribution in [3.8, 4) is 0 Å². The van der Waals surface area contributed by atoms with Gasteiger partial charge < -0.3 is 0 Å². The molecule has 0 aromatic carbocycles. The van der Waals surface area contributed by atoms with Gasteiger partial charge in [0.25, 0.3) is 0 Å². The average Bonchev–Trinajstić information content (AvgIpc) is 2.46. The summed E-state index contributed by atoms with van der Waals surface area (Å²) < 4.78 is 0. The third kappa shape index (κ3) is 5.47. The minimum atomic E-state index is 0.426. The molecule has 0 spiro atoms. The van der Waals surface area contributed by atoms with Crippen LogP contribution in [0.1, 0.15) is 52.1 Å². The molecule has 0 saturated carbocycles. The van der Waals surface area contributed by atoms with Gasteiger partial charge >= 0.3 is 0 Å². The Morgan fingerprint density at radius 2 is 2.21 bits per heavy atom. The quantitative estimate of drug-likeness (QED) is 0.466. The van der Waals surface area contributed by atoms with Gasteiger partial charge in [0.05, 0.1) is 16.4 Å². The molecule has 0 aliphatic rings. The monoisotopic (exact) mass is 277 g/mol. The molecule has 0 aliphatic carbocycles. The molecule has 1 unspecified atom stereocenters.